The van der Waals surface area contributed by atoms with Crippen molar-refractivity contribution in [3.05, 3.63) is 0 Å². The van der Waals surface area contributed by atoms with E-state index >= 15 is 0 Å². The Morgan fingerprint density at radius 3 is 2.44 bits per heavy atom. The molecule has 0 aromatic rings. The van der Waals surface area contributed by atoms with Gasteiger partial charge in [0.1, 0.15) is 0 Å². The summed E-state index contributed by atoms with van der Waals surface area (Å²) in [5, 5.41) is 3.72. The number of likely N-dealkylation sites (tertiary alicyclic amines) is 1. The molecule has 1 heterocycles. The Labute approximate surface area is 113 Å². The number of nitrogens with one attached hydrogen (secondary N) is 1. The summed E-state index contributed by atoms with van der Waals surface area (Å²) in [6.07, 6.45) is 5.36. The van der Waals surface area contributed by atoms with Gasteiger partial charge in [0.25, 0.3) is 0 Å². The SMILES string of the molecule is CCCNC(CN1CCC(OC)CC1)C(C)CC. The van der Waals surface area contributed by atoms with Crippen LogP contribution in [0.25, 0.3) is 0 Å². The quantitative estimate of drug-likeness (QED) is 0.722. The van der Waals surface area contributed by atoms with E-state index in [1.807, 2.05) is 7.11 Å². The highest BCUT2D eigenvalue weighted by Gasteiger charge is 2.23. The molecule has 3 heteroatoms. The molecule has 1 aliphatic heterocycles. The molecule has 0 radical (unpaired) electrons. The molecular formula is C15H32N2O. The molecule has 1 rings (SSSR count). The maximum Gasteiger partial charge on any atom is 0.0595 e. The lowest BCUT2D eigenvalue weighted by atomic mass is 9.97. The molecule has 0 spiro atoms. The molecule has 1 saturated heterocycles. The number of hydrogen-bond acceptors (Lipinski definition) is 3. The second kappa shape index (κ2) is 8.89. The molecule has 108 valence electrons. The van der Waals surface area contributed by atoms with Crippen molar-refractivity contribution < 1.29 is 4.74 Å². The highest BCUT2D eigenvalue weighted by atomic mass is 16.5. The first-order valence-electron chi connectivity index (χ1n) is 7.69. The van der Waals surface area contributed by atoms with E-state index in [0.29, 0.717) is 12.1 Å². The zero-order valence-corrected chi connectivity index (χ0v) is 12.7. The van der Waals surface area contributed by atoms with Crippen molar-refractivity contribution in [2.75, 3.05) is 33.3 Å². The van der Waals surface area contributed by atoms with E-state index in [2.05, 4.69) is 31.0 Å². The Bertz CT molecular complexity index is 203. The van der Waals surface area contributed by atoms with Crippen LogP contribution in [0.3, 0.4) is 0 Å². The number of nitrogens with zero attached hydrogens (tertiary/aromatic N) is 1. The van der Waals surface area contributed by atoms with E-state index < -0.39 is 0 Å². The third-order valence-corrected chi connectivity index (χ3v) is 4.31. The van der Waals surface area contributed by atoms with Gasteiger partial charge in [-0.05, 0) is 31.7 Å². The Hall–Kier alpha value is -0.120. The van der Waals surface area contributed by atoms with E-state index in [9.17, 15) is 0 Å². The van der Waals surface area contributed by atoms with Gasteiger partial charge in [0.05, 0.1) is 6.10 Å². The van der Waals surface area contributed by atoms with Crippen molar-refractivity contribution in [2.24, 2.45) is 5.92 Å². The van der Waals surface area contributed by atoms with Gasteiger partial charge in [-0.15, -0.1) is 0 Å². The topological polar surface area (TPSA) is 24.5 Å². The Morgan fingerprint density at radius 1 is 1.28 bits per heavy atom. The van der Waals surface area contributed by atoms with Crippen molar-refractivity contribution in [3.63, 3.8) is 0 Å². The van der Waals surface area contributed by atoms with Crippen LogP contribution < -0.4 is 5.32 Å². The largest absolute Gasteiger partial charge is 0.381 e. The number of rotatable bonds is 8. The number of piperidine rings is 1. The molecule has 2 unspecified atom stereocenters. The molecule has 0 saturated carbocycles. The van der Waals surface area contributed by atoms with Crippen molar-refractivity contribution in [2.45, 2.75) is 58.6 Å². The van der Waals surface area contributed by atoms with Crippen LogP contribution in [0.5, 0.6) is 0 Å². The lowest BCUT2D eigenvalue weighted by molar-refractivity contribution is 0.0363. The molecule has 1 aliphatic rings. The van der Waals surface area contributed by atoms with Gasteiger partial charge in [-0.2, -0.15) is 0 Å². The molecule has 2 atom stereocenters. The van der Waals surface area contributed by atoms with Crippen molar-refractivity contribution in [1.82, 2.24) is 10.2 Å². The van der Waals surface area contributed by atoms with Crippen LogP contribution in [-0.2, 0) is 4.74 Å². The molecule has 18 heavy (non-hydrogen) atoms. The molecule has 3 nitrogen and oxygen atoms in total. The number of hydrogen-bond donors (Lipinski definition) is 1. The fraction of sp³-hybridized carbons (Fsp3) is 1.00. The van der Waals surface area contributed by atoms with Crippen LogP contribution >= 0.6 is 0 Å². The second-order valence-electron chi connectivity index (χ2n) is 5.68. The zero-order chi connectivity index (χ0) is 13.4. The van der Waals surface area contributed by atoms with Crippen molar-refractivity contribution >= 4 is 0 Å². The molecule has 0 bridgehead atoms. The highest BCUT2D eigenvalue weighted by molar-refractivity contribution is 4.80. The Morgan fingerprint density at radius 2 is 1.94 bits per heavy atom. The summed E-state index contributed by atoms with van der Waals surface area (Å²) in [6, 6.07) is 0.647. The van der Waals surface area contributed by atoms with E-state index in [-0.39, 0.29) is 0 Å². The monoisotopic (exact) mass is 256 g/mol. The van der Waals surface area contributed by atoms with E-state index in [1.165, 1.54) is 45.3 Å². The second-order valence-corrected chi connectivity index (χ2v) is 5.68. The van der Waals surface area contributed by atoms with Gasteiger partial charge in [-0.25, -0.2) is 0 Å². The minimum absolute atomic E-state index is 0.492. The summed E-state index contributed by atoms with van der Waals surface area (Å²) in [7, 11) is 1.84. The predicted octanol–water partition coefficient (Wildman–Crippen LogP) is 2.51. The molecule has 0 aromatic heterocycles. The average molecular weight is 256 g/mol. The first-order valence-corrected chi connectivity index (χ1v) is 7.69. The molecule has 1 fully saturated rings. The third kappa shape index (κ3) is 5.25. The lowest BCUT2D eigenvalue weighted by Gasteiger charge is -2.35. The first kappa shape index (κ1) is 15.9. The zero-order valence-electron chi connectivity index (χ0n) is 12.7. The van der Waals surface area contributed by atoms with Gasteiger partial charge in [-0.1, -0.05) is 27.2 Å². The lowest BCUT2D eigenvalue weighted by Crippen LogP contribution is -2.48. The fourth-order valence-electron chi connectivity index (χ4n) is 2.67. The minimum Gasteiger partial charge on any atom is -0.381 e. The van der Waals surface area contributed by atoms with Crippen molar-refractivity contribution in [3.8, 4) is 0 Å². The smallest absolute Gasteiger partial charge is 0.0595 e. The summed E-state index contributed by atoms with van der Waals surface area (Å²) in [5.41, 5.74) is 0. The van der Waals surface area contributed by atoms with Gasteiger partial charge in [-0.3, -0.25) is 0 Å². The normalized spacial score (nSPS) is 22.0. The van der Waals surface area contributed by atoms with Crippen LogP contribution in [0.2, 0.25) is 0 Å². The fourth-order valence-corrected chi connectivity index (χ4v) is 2.67. The standard InChI is InChI=1S/C15H32N2O/c1-5-9-16-15(13(3)6-2)12-17-10-7-14(18-4)8-11-17/h13-16H,5-12H2,1-4H3. The van der Waals surface area contributed by atoms with Crippen molar-refractivity contribution in [1.29, 1.82) is 0 Å². The van der Waals surface area contributed by atoms with Gasteiger partial charge in [0.15, 0.2) is 0 Å². The maximum atomic E-state index is 5.44. The molecule has 0 amide bonds. The number of ether oxygens (including phenoxy) is 1. The third-order valence-electron chi connectivity index (χ3n) is 4.31. The van der Waals surface area contributed by atoms with Gasteiger partial charge in [0.2, 0.25) is 0 Å². The van der Waals surface area contributed by atoms with Crippen LogP contribution in [0.4, 0.5) is 0 Å². The van der Waals surface area contributed by atoms with Crippen LogP contribution in [0.15, 0.2) is 0 Å². The molecule has 1 N–H and O–H groups in total. The van der Waals surface area contributed by atoms with Gasteiger partial charge in [0, 0.05) is 32.8 Å². The van der Waals surface area contributed by atoms with Crippen LogP contribution in [0.1, 0.15) is 46.5 Å². The van der Waals surface area contributed by atoms with Crippen LogP contribution in [0, 0.1) is 5.92 Å². The van der Waals surface area contributed by atoms with Gasteiger partial charge < -0.3 is 15.0 Å². The maximum absolute atomic E-state index is 5.44. The summed E-state index contributed by atoms with van der Waals surface area (Å²) in [5.74, 6) is 0.761. The highest BCUT2D eigenvalue weighted by Crippen LogP contribution is 2.16. The van der Waals surface area contributed by atoms with Crippen LogP contribution in [-0.4, -0.2) is 50.3 Å². The summed E-state index contributed by atoms with van der Waals surface area (Å²) in [4.78, 5) is 2.61. The minimum atomic E-state index is 0.492. The van der Waals surface area contributed by atoms with E-state index in [0.717, 1.165) is 12.5 Å². The summed E-state index contributed by atoms with van der Waals surface area (Å²) >= 11 is 0. The molecular weight excluding hydrogens is 224 g/mol. The Kier molecular flexibility index (Phi) is 7.87. The summed E-state index contributed by atoms with van der Waals surface area (Å²) in [6.45, 7) is 11.6. The molecule has 0 aromatic carbocycles. The first-order chi connectivity index (χ1) is 8.71. The Balaban J connectivity index is 2.36. The predicted molar refractivity (Wildman–Crippen MR) is 78.0 cm³/mol. The van der Waals surface area contributed by atoms with E-state index in [1.54, 1.807) is 0 Å². The van der Waals surface area contributed by atoms with Gasteiger partial charge >= 0.3 is 0 Å². The summed E-state index contributed by atoms with van der Waals surface area (Å²) < 4.78 is 5.44. The van der Waals surface area contributed by atoms with E-state index in [4.69, 9.17) is 4.74 Å². The molecule has 0 aliphatic carbocycles. The number of methoxy groups -OCH3 is 1. The average Bonchev–Trinajstić information content (AvgIpc) is 2.43.